The molecule has 1 rings (SSSR count). The molecule has 1 aliphatic carbocycles. The fourth-order valence-electron chi connectivity index (χ4n) is 0.950. The molecule has 1 aliphatic rings. The van der Waals surface area contributed by atoms with Crippen molar-refractivity contribution in [1.29, 1.82) is 0 Å². The second-order valence-electron chi connectivity index (χ2n) is 2.87. The van der Waals surface area contributed by atoms with Gasteiger partial charge in [0.25, 0.3) is 0 Å². The van der Waals surface area contributed by atoms with Gasteiger partial charge in [0.1, 0.15) is 0 Å². The summed E-state index contributed by atoms with van der Waals surface area (Å²) in [5, 5.41) is 0. The zero-order valence-electron chi connectivity index (χ0n) is 7.17. The molecule has 60 valence electrons. The van der Waals surface area contributed by atoms with Crippen molar-refractivity contribution < 1.29 is 0 Å². The van der Waals surface area contributed by atoms with Crippen LogP contribution in [0.4, 0.5) is 0 Å². The zero-order chi connectivity index (χ0) is 8.27. The van der Waals surface area contributed by atoms with Crippen molar-refractivity contribution in [2.75, 3.05) is 7.05 Å². The van der Waals surface area contributed by atoms with Crippen LogP contribution in [0.5, 0.6) is 0 Å². The Hall–Kier alpha value is -0.920. The summed E-state index contributed by atoms with van der Waals surface area (Å²) in [6, 6.07) is 0. The number of hydrogen-bond acceptors (Lipinski definition) is 2. The number of rotatable bonds is 3. The van der Waals surface area contributed by atoms with E-state index in [1.807, 2.05) is 13.0 Å². The van der Waals surface area contributed by atoms with Crippen LogP contribution in [0.25, 0.3) is 0 Å². The standard InChI is InChI=1S/C9H14N2/c1-7(10-2)6-9(11-3)8-4-5-8/h6,8H,3-5H2,1-2H3/b9-6-,10-7?. The lowest BCUT2D eigenvalue weighted by Gasteiger charge is -1.95. The fourth-order valence-corrected chi connectivity index (χ4v) is 0.950. The summed E-state index contributed by atoms with van der Waals surface area (Å²) in [5.41, 5.74) is 2.13. The third kappa shape index (κ3) is 2.30. The summed E-state index contributed by atoms with van der Waals surface area (Å²) < 4.78 is 0. The van der Waals surface area contributed by atoms with Gasteiger partial charge in [0, 0.05) is 24.4 Å². The van der Waals surface area contributed by atoms with Gasteiger partial charge < -0.3 is 0 Å². The smallest absolute Gasteiger partial charge is 0.0445 e. The van der Waals surface area contributed by atoms with Gasteiger partial charge in [-0.2, -0.15) is 0 Å². The van der Waals surface area contributed by atoms with E-state index in [1.54, 1.807) is 7.05 Å². The third-order valence-corrected chi connectivity index (χ3v) is 1.89. The molecule has 0 aromatic heterocycles. The Balaban J connectivity index is 2.65. The van der Waals surface area contributed by atoms with Gasteiger partial charge in [-0.05, 0) is 32.6 Å². The number of aliphatic imine (C=N–C) groups is 2. The van der Waals surface area contributed by atoms with Crippen molar-refractivity contribution in [2.24, 2.45) is 15.9 Å². The molecular formula is C9H14N2. The maximum atomic E-state index is 4.04. The van der Waals surface area contributed by atoms with Crippen molar-refractivity contribution in [3.63, 3.8) is 0 Å². The molecule has 0 spiro atoms. The summed E-state index contributed by atoms with van der Waals surface area (Å²) in [4.78, 5) is 8.01. The van der Waals surface area contributed by atoms with Crippen LogP contribution in [0.3, 0.4) is 0 Å². The maximum absolute atomic E-state index is 4.04. The first-order valence-electron chi connectivity index (χ1n) is 3.89. The molecule has 0 aromatic carbocycles. The molecule has 0 saturated heterocycles. The molecule has 2 heteroatoms. The van der Waals surface area contributed by atoms with Gasteiger partial charge in [0.05, 0.1) is 0 Å². The number of hydrogen-bond donors (Lipinski definition) is 0. The normalized spacial score (nSPS) is 20.2. The minimum absolute atomic E-state index is 0.671. The topological polar surface area (TPSA) is 24.7 Å². The van der Waals surface area contributed by atoms with E-state index in [0.717, 1.165) is 11.4 Å². The van der Waals surface area contributed by atoms with Crippen LogP contribution in [-0.4, -0.2) is 19.5 Å². The summed E-state index contributed by atoms with van der Waals surface area (Å²) in [6.45, 7) is 5.52. The molecule has 11 heavy (non-hydrogen) atoms. The van der Waals surface area contributed by atoms with E-state index >= 15 is 0 Å². The summed E-state index contributed by atoms with van der Waals surface area (Å²) in [7, 11) is 1.79. The maximum Gasteiger partial charge on any atom is 0.0445 e. The van der Waals surface area contributed by atoms with Gasteiger partial charge in [-0.1, -0.05) is 0 Å². The fraction of sp³-hybridized carbons (Fsp3) is 0.556. The molecule has 1 saturated carbocycles. The molecule has 1 fully saturated rings. The highest BCUT2D eigenvalue weighted by Crippen LogP contribution is 2.36. The zero-order valence-corrected chi connectivity index (χ0v) is 7.17. The molecule has 2 nitrogen and oxygen atoms in total. The van der Waals surface area contributed by atoms with Gasteiger partial charge in [-0.25, -0.2) is 0 Å². The highest BCUT2D eigenvalue weighted by Gasteiger charge is 2.25. The van der Waals surface area contributed by atoms with Crippen molar-refractivity contribution >= 4 is 12.4 Å². The van der Waals surface area contributed by atoms with E-state index in [0.29, 0.717) is 5.92 Å². The first-order chi connectivity index (χ1) is 5.27. The largest absolute Gasteiger partial charge is 0.293 e. The predicted molar refractivity (Wildman–Crippen MR) is 49.4 cm³/mol. The van der Waals surface area contributed by atoms with E-state index in [1.165, 1.54) is 12.8 Å². The summed E-state index contributed by atoms with van der Waals surface area (Å²) in [5.74, 6) is 0.671. The average Bonchev–Trinajstić information content (AvgIpc) is 2.82. The van der Waals surface area contributed by atoms with E-state index in [4.69, 9.17) is 0 Å². The molecular weight excluding hydrogens is 136 g/mol. The first kappa shape index (κ1) is 8.18. The van der Waals surface area contributed by atoms with Gasteiger partial charge in [0.2, 0.25) is 0 Å². The van der Waals surface area contributed by atoms with E-state index < -0.39 is 0 Å². The monoisotopic (exact) mass is 150 g/mol. The summed E-state index contributed by atoms with van der Waals surface area (Å²) >= 11 is 0. The highest BCUT2D eigenvalue weighted by molar-refractivity contribution is 5.93. The van der Waals surface area contributed by atoms with Gasteiger partial charge in [-0.15, -0.1) is 0 Å². The minimum Gasteiger partial charge on any atom is -0.293 e. The Morgan fingerprint density at radius 3 is 2.55 bits per heavy atom. The lowest BCUT2D eigenvalue weighted by molar-refractivity contribution is 0.988. The number of nitrogens with zero attached hydrogens (tertiary/aromatic N) is 2. The average molecular weight is 150 g/mol. The lowest BCUT2D eigenvalue weighted by Crippen LogP contribution is -1.89. The van der Waals surface area contributed by atoms with Gasteiger partial charge in [-0.3, -0.25) is 9.98 Å². The summed E-state index contributed by atoms with van der Waals surface area (Å²) in [6.07, 6.45) is 4.55. The Kier molecular flexibility index (Phi) is 2.58. The Morgan fingerprint density at radius 2 is 2.18 bits per heavy atom. The highest BCUT2D eigenvalue weighted by atomic mass is 14.7. The van der Waals surface area contributed by atoms with Gasteiger partial charge in [0.15, 0.2) is 0 Å². The van der Waals surface area contributed by atoms with Crippen molar-refractivity contribution in [1.82, 2.24) is 0 Å². The van der Waals surface area contributed by atoms with Crippen LogP contribution in [0.1, 0.15) is 19.8 Å². The lowest BCUT2D eigenvalue weighted by atomic mass is 10.2. The van der Waals surface area contributed by atoms with E-state index in [2.05, 4.69) is 16.7 Å². The van der Waals surface area contributed by atoms with Crippen LogP contribution in [0.15, 0.2) is 21.8 Å². The molecule has 0 aliphatic heterocycles. The second-order valence-corrected chi connectivity index (χ2v) is 2.87. The van der Waals surface area contributed by atoms with E-state index in [9.17, 15) is 0 Å². The van der Waals surface area contributed by atoms with E-state index in [-0.39, 0.29) is 0 Å². The first-order valence-corrected chi connectivity index (χ1v) is 3.89. The number of allylic oxidation sites excluding steroid dienone is 2. The SMILES string of the molecule is C=N/C(=C\C(C)=NC)C1CC1. The molecule has 0 amide bonds. The third-order valence-electron chi connectivity index (χ3n) is 1.89. The van der Waals surface area contributed by atoms with Crippen molar-refractivity contribution in [2.45, 2.75) is 19.8 Å². The van der Waals surface area contributed by atoms with Crippen LogP contribution < -0.4 is 0 Å². The molecule has 0 atom stereocenters. The molecule has 0 unspecified atom stereocenters. The molecule has 0 heterocycles. The van der Waals surface area contributed by atoms with Crippen LogP contribution in [0, 0.1) is 5.92 Å². The minimum atomic E-state index is 0.671. The van der Waals surface area contributed by atoms with Gasteiger partial charge >= 0.3 is 0 Å². The molecule has 0 N–H and O–H groups in total. The quantitative estimate of drug-likeness (QED) is 0.550. The molecule has 0 bridgehead atoms. The van der Waals surface area contributed by atoms with Crippen molar-refractivity contribution in [3.05, 3.63) is 11.8 Å². The Bertz CT molecular complexity index is 210. The van der Waals surface area contributed by atoms with Crippen LogP contribution in [0.2, 0.25) is 0 Å². The Labute approximate surface area is 67.8 Å². The molecule has 0 radical (unpaired) electrons. The second kappa shape index (κ2) is 3.46. The van der Waals surface area contributed by atoms with Crippen LogP contribution in [-0.2, 0) is 0 Å². The Morgan fingerprint density at radius 1 is 1.55 bits per heavy atom. The van der Waals surface area contributed by atoms with Crippen molar-refractivity contribution in [3.8, 4) is 0 Å². The van der Waals surface area contributed by atoms with Crippen LogP contribution >= 0.6 is 0 Å². The predicted octanol–water partition coefficient (Wildman–Crippen LogP) is 2.07. The molecule has 0 aromatic rings.